The molecule has 0 aliphatic rings. The maximum atomic E-state index is 11.7. The van der Waals surface area contributed by atoms with Gasteiger partial charge in [-0.05, 0) is 26.0 Å². The molecule has 96 valence electrons. The predicted octanol–water partition coefficient (Wildman–Crippen LogP) is 2.70. The third-order valence-electron chi connectivity index (χ3n) is 1.85. The van der Waals surface area contributed by atoms with Crippen molar-refractivity contribution >= 4 is 40.7 Å². The second-order valence-electron chi connectivity index (χ2n) is 3.75. The molecule has 0 saturated carbocycles. The van der Waals surface area contributed by atoms with E-state index in [-0.39, 0.29) is 11.8 Å². The molecular formula is C10H13Cl3N2O2. The molecule has 1 atom stereocenters. The zero-order chi connectivity index (χ0) is 13.1. The number of hydrogen-bond acceptors (Lipinski definition) is 3. The van der Waals surface area contributed by atoms with Gasteiger partial charge in [-0.3, -0.25) is 10.1 Å². The van der Waals surface area contributed by atoms with Crippen LogP contribution in [0.4, 0.5) is 0 Å². The Balaban J connectivity index is 2.70. The number of carbonyl (C=O) groups excluding carboxylic acids is 1. The van der Waals surface area contributed by atoms with Gasteiger partial charge >= 0.3 is 0 Å². The highest BCUT2D eigenvalue weighted by atomic mass is 35.6. The Hall–Kier alpha value is -0.420. The molecule has 0 unspecified atom stereocenters. The van der Waals surface area contributed by atoms with E-state index in [2.05, 4.69) is 10.6 Å². The first-order valence-electron chi connectivity index (χ1n) is 4.98. The highest BCUT2D eigenvalue weighted by molar-refractivity contribution is 6.68. The molecule has 1 heterocycles. The molecule has 1 rings (SSSR count). The first-order chi connectivity index (χ1) is 7.80. The third kappa shape index (κ3) is 4.76. The van der Waals surface area contributed by atoms with E-state index in [1.54, 1.807) is 6.07 Å². The van der Waals surface area contributed by atoms with E-state index in [0.29, 0.717) is 0 Å². The van der Waals surface area contributed by atoms with E-state index in [4.69, 9.17) is 39.2 Å². The van der Waals surface area contributed by atoms with E-state index in [9.17, 15) is 4.79 Å². The van der Waals surface area contributed by atoms with Gasteiger partial charge in [0.2, 0.25) is 3.79 Å². The first kappa shape index (κ1) is 14.6. The standard InChI is InChI=1S/C10H13Cl3N2O2/c1-6(2)14-9(10(11,12)13)15-8(16)7-4-3-5-17-7/h3-6,9,14H,1-2H3,(H,15,16)/t9-/m1/s1. The Labute approximate surface area is 115 Å². The van der Waals surface area contributed by atoms with E-state index < -0.39 is 15.9 Å². The number of alkyl halides is 3. The minimum atomic E-state index is -1.65. The molecule has 0 radical (unpaired) electrons. The highest BCUT2D eigenvalue weighted by Gasteiger charge is 2.34. The molecule has 0 aromatic carbocycles. The third-order valence-corrected chi connectivity index (χ3v) is 2.50. The summed E-state index contributed by atoms with van der Waals surface area (Å²) in [4.78, 5) is 11.7. The fourth-order valence-corrected chi connectivity index (χ4v) is 1.51. The average molecular weight is 300 g/mol. The Kier molecular flexibility index (Phi) is 5.13. The SMILES string of the molecule is CC(C)N[C@H](NC(=O)c1ccco1)C(Cl)(Cl)Cl. The predicted molar refractivity (Wildman–Crippen MR) is 68.5 cm³/mol. The van der Waals surface area contributed by atoms with Gasteiger partial charge in [-0.25, -0.2) is 0 Å². The van der Waals surface area contributed by atoms with Crippen molar-refractivity contribution in [2.75, 3.05) is 0 Å². The van der Waals surface area contributed by atoms with Crippen molar-refractivity contribution < 1.29 is 9.21 Å². The van der Waals surface area contributed by atoms with Gasteiger partial charge < -0.3 is 9.73 Å². The summed E-state index contributed by atoms with van der Waals surface area (Å²) in [5.41, 5.74) is 0. The molecule has 7 heteroatoms. The lowest BCUT2D eigenvalue weighted by Gasteiger charge is -2.28. The summed E-state index contributed by atoms with van der Waals surface area (Å²) in [6, 6.07) is 3.18. The second kappa shape index (κ2) is 5.96. The highest BCUT2D eigenvalue weighted by Crippen LogP contribution is 2.29. The number of amides is 1. The summed E-state index contributed by atoms with van der Waals surface area (Å²) in [7, 11) is 0. The Morgan fingerprint density at radius 1 is 1.41 bits per heavy atom. The lowest BCUT2D eigenvalue weighted by Crippen LogP contribution is -2.55. The van der Waals surface area contributed by atoms with Crippen LogP contribution in [0.5, 0.6) is 0 Å². The van der Waals surface area contributed by atoms with Crippen LogP contribution in [0.25, 0.3) is 0 Å². The zero-order valence-corrected chi connectivity index (χ0v) is 11.6. The maximum Gasteiger partial charge on any atom is 0.288 e. The van der Waals surface area contributed by atoms with Crippen molar-refractivity contribution in [1.82, 2.24) is 10.6 Å². The molecule has 0 saturated heterocycles. The minimum Gasteiger partial charge on any atom is -0.459 e. The normalized spacial score (nSPS) is 13.8. The van der Waals surface area contributed by atoms with Crippen LogP contribution in [-0.2, 0) is 0 Å². The fourth-order valence-electron chi connectivity index (χ4n) is 1.16. The van der Waals surface area contributed by atoms with E-state index in [1.165, 1.54) is 12.3 Å². The molecule has 1 aromatic heterocycles. The quantitative estimate of drug-likeness (QED) is 0.664. The van der Waals surface area contributed by atoms with Crippen LogP contribution in [-0.4, -0.2) is 21.9 Å². The van der Waals surface area contributed by atoms with Gasteiger partial charge in [0.15, 0.2) is 5.76 Å². The summed E-state index contributed by atoms with van der Waals surface area (Å²) in [6.07, 6.45) is 0.597. The van der Waals surface area contributed by atoms with E-state index >= 15 is 0 Å². The van der Waals surface area contributed by atoms with Crippen LogP contribution in [0.2, 0.25) is 0 Å². The summed E-state index contributed by atoms with van der Waals surface area (Å²) >= 11 is 17.3. The lowest BCUT2D eigenvalue weighted by atomic mass is 10.3. The minimum absolute atomic E-state index is 0.0486. The van der Waals surface area contributed by atoms with E-state index in [1.807, 2.05) is 13.8 Å². The Morgan fingerprint density at radius 2 is 2.06 bits per heavy atom. The van der Waals surface area contributed by atoms with Crippen molar-refractivity contribution in [3.8, 4) is 0 Å². The lowest BCUT2D eigenvalue weighted by molar-refractivity contribution is 0.0899. The van der Waals surface area contributed by atoms with Crippen LogP contribution in [0, 0.1) is 0 Å². The van der Waals surface area contributed by atoms with Crippen LogP contribution >= 0.6 is 34.8 Å². The summed E-state index contributed by atoms with van der Waals surface area (Å²) < 4.78 is 3.30. The Bertz CT molecular complexity index is 360. The molecule has 0 bridgehead atoms. The Morgan fingerprint density at radius 3 is 2.47 bits per heavy atom. The van der Waals surface area contributed by atoms with Crippen LogP contribution < -0.4 is 10.6 Å². The van der Waals surface area contributed by atoms with Crippen LogP contribution in [0.15, 0.2) is 22.8 Å². The smallest absolute Gasteiger partial charge is 0.288 e. The van der Waals surface area contributed by atoms with Gasteiger partial charge in [0.05, 0.1) is 6.26 Å². The van der Waals surface area contributed by atoms with Crippen molar-refractivity contribution in [3.05, 3.63) is 24.2 Å². The van der Waals surface area contributed by atoms with E-state index in [0.717, 1.165) is 0 Å². The number of furan rings is 1. The largest absolute Gasteiger partial charge is 0.459 e. The molecule has 0 fully saturated rings. The van der Waals surface area contributed by atoms with Gasteiger partial charge in [-0.15, -0.1) is 0 Å². The fraction of sp³-hybridized carbons (Fsp3) is 0.500. The summed E-state index contributed by atoms with van der Waals surface area (Å²) in [6.45, 7) is 3.75. The molecule has 2 N–H and O–H groups in total. The number of halogens is 3. The number of nitrogens with one attached hydrogen (secondary N) is 2. The molecule has 0 aliphatic carbocycles. The number of hydrogen-bond donors (Lipinski definition) is 2. The first-order valence-corrected chi connectivity index (χ1v) is 6.11. The summed E-state index contributed by atoms with van der Waals surface area (Å²) in [5, 5.41) is 5.49. The zero-order valence-electron chi connectivity index (χ0n) is 9.34. The van der Waals surface area contributed by atoms with Gasteiger partial charge in [0, 0.05) is 6.04 Å². The maximum absolute atomic E-state index is 11.7. The van der Waals surface area contributed by atoms with Crippen LogP contribution in [0.1, 0.15) is 24.4 Å². The molecule has 1 amide bonds. The van der Waals surface area contributed by atoms with Gasteiger partial charge in [-0.2, -0.15) is 0 Å². The van der Waals surface area contributed by atoms with Gasteiger partial charge in [0.25, 0.3) is 5.91 Å². The van der Waals surface area contributed by atoms with Gasteiger partial charge in [-0.1, -0.05) is 34.8 Å². The number of carbonyl (C=O) groups is 1. The molecule has 4 nitrogen and oxygen atoms in total. The molecule has 0 spiro atoms. The molecular weight excluding hydrogens is 286 g/mol. The van der Waals surface area contributed by atoms with Crippen molar-refractivity contribution in [1.29, 1.82) is 0 Å². The van der Waals surface area contributed by atoms with Crippen molar-refractivity contribution in [2.45, 2.75) is 29.8 Å². The summed E-state index contributed by atoms with van der Waals surface area (Å²) in [5.74, 6) is -0.283. The van der Waals surface area contributed by atoms with Crippen molar-refractivity contribution in [2.24, 2.45) is 0 Å². The van der Waals surface area contributed by atoms with Crippen LogP contribution in [0.3, 0.4) is 0 Å². The van der Waals surface area contributed by atoms with Gasteiger partial charge in [0.1, 0.15) is 6.17 Å². The average Bonchev–Trinajstić information content (AvgIpc) is 2.66. The molecule has 1 aromatic rings. The monoisotopic (exact) mass is 298 g/mol. The number of rotatable bonds is 4. The molecule has 17 heavy (non-hydrogen) atoms. The topological polar surface area (TPSA) is 54.3 Å². The second-order valence-corrected chi connectivity index (χ2v) is 6.12. The molecule has 0 aliphatic heterocycles. The van der Waals surface area contributed by atoms with Crippen molar-refractivity contribution in [3.63, 3.8) is 0 Å².